The van der Waals surface area contributed by atoms with Crippen LogP contribution in [0.5, 0.6) is 0 Å². The zero-order valence-electron chi connectivity index (χ0n) is 25.9. The largest absolute Gasteiger partial charge is 0.351 e. The molecule has 8 rings (SSSR count). The number of aromatic nitrogens is 3. The van der Waals surface area contributed by atoms with Gasteiger partial charge in [-0.05, 0) is 62.4 Å². The van der Waals surface area contributed by atoms with Gasteiger partial charge in [-0.2, -0.15) is 0 Å². The average Bonchev–Trinajstić information content (AvgIpc) is 3.53. The van der Waals surface area contributed by atoms with Crippen LogP contribution in [0.15, 0.2) is 53.6 Å². The van der Waals surface area contributed by atoms with Gasteiger partial charge in [0.15, 0.2) is 20.8 Å². The summed E-state index contributed by atoms with van der Waals surface area (Å²) in [5, 5.41) is 7.52. The van der Waals surface area contributed by atoms with Gasteiger partial charge in [0.2, 0.25) is 5.95 Å². The van der Waals surface area contributed by atoms with E-state index in [0.29, 0.717) is 22.2 Å². The minimum Gasteiger partial charge on any atom is -0.351 e. The standard InChI is InChI=1S/C32H33F2N7O4S3/c1-18-4-2-6-23(33)29(18)48(44,45)40-24-7-3-5-22(26(24)34)27-28(46-31(39-27)41-20-8-9-21(41)15-35-14-20)25-10-11-36-30(38-25)37-19-12-32(13-19)16-47(42,43)17-32/h2-7,10-11,19-21,35,40H,8-9,12-17H2,1H3,(H,36,37,38). The maximum Gasteiger partial charge on any atom is 0.265 e. The van der Waals surface area contributed by atoms with E-state index in [0.717, 1.165) is 50.0 Å². The maximum atomic E-state index is 16.4. The number of aryl methyl sites for hydroxylation is 1. The van der Waals surface area contributed by atoms with Crippen molar-refractivity contribution in [2.75, 3.05) is 39.5 Å². The molecule has 16 heteroatoms. The molecule has 2 atom stereocenters. The molecule has 1 saturated carbocycles. The van der Waals surface area contributed by atoms with E-state index in [1.807, 2.05) is 0 Å². The second-order valence-corrected chi connectivity index (χ2v) is 18.0. The van der Waals surface area contributed by atoms with Crippen molar-refractivity contribution in [3.05, 3.63) is 65.9 Å². The lowest BCUT2D eigenvalue weighted by Crippen LogP contribution is -2.60. The summed E-state index contributed by atoms with van der Waals surface area (Å²) in [5.41, 5.74) is 0.604. The molecule has 4 aliphatic rings. The van der Waals surface area contributed by atoms with E-state index in [2.05, 4.69) is 25.2 Å². The van der Waals surface area contributed by atoms with Crippen LogP contribution in [0.4, 0.5) is 25.5 Å². The van der Waals surface area contributed by atoms with Gasteiger partial charge in [0.25, 0.3) is 10.0 Å². The fourth-order valence-electron chi connectivity index (χ4n) is 7.76. The van der Waals surface area contributed by atoms with Crippen molar-refractivity contribution in [1.82, 2.24) is 20.3 Å². The Morgan fingerprint density at radius 1 is 1.02 bits per heavy atom. The van der Waals surface area contributed by atoms with Gasteiger partial charge in [-0.1, -0.05) is 29.5 Å². The Morgan fingerprint density at radius 2 is 1.75 bits per heavy atom. The number of thiazole rings is 1. The Labute approximate surface area is 281 Å². The second-order valence-electron chi connectivity index (χ2n) is 13.3. The number of piperazine rings is 1. The minimum atomic E-state index is -4.46. The van der Waals surface area contributed by atoms with E-state index < -0.39 is 36.4 Å². The Balaban J connectivity index is 1.15. The molecule has 0 radical (unpaired) electrons. The first-order chi connectivity index (χ1) is 22.9. The fraction of sp³-hybridized carbons (Fsp3) is 0.406. The van der Waals surface area contributed by atoms with Crippen molar-refractivity contribution >= 4 is 48.0 Å². The normalized spacial score (nSPS) is 22.7. The Morgan fingerprint density at radius 3 is 2.46 bits per heavy atom. The summed E-state index contributed by atoms with van der Waals surface area (Å²) in [4.78, 5) is 16.5. The molecule has 4 fully saturated rings. The zero-order chi connectivity index (χ0) is 33.4. The number of hydrogen-bond acceptors (Lipinski definition) is 11. The molecule has 3 N–H and O–H groups in total. The third-order valence-electron chi connectivity index (χ3n) is 9.78. The maximum absolute atomic E-state index is 16.4. The topological polar surface area (TPSA) is 146 Å². The highest BCUT2D eigenvalue weighted by Crippen LogP contribution is 2.51. The molecule has 5 heterocycles. The summed E-state index contributed by atoms with van der Waals surface area (Å²) >= 11 is 1.40. The lowest BCUT2D eigenvalue weighted by atomic mass is 9.67. The molecule has 0 amide bonds. The van der Waals surface area contributed by atoms with Gasteiger partial charge in [-0.3, -0.25) is 4.72 Å². The number of nitrogens with one attached hydrogen (secondary N) is 3. The van der Waals surface area contributed by atoms with Gasteiger partial charge in [-0.15, -0.1) is 0 Å². The molecule has 4 aromatic rings. The van der Waals surface area contributed by atoms with Gasteiger partial charge in [0.1, 0.15) is 10.7 Å². The van der Waals surface area contributed by atoms with E-state index >= 15 is 4.39 Å². The number of rotatable bonds is 8. The van der Waals surface area contributed by atoms with Crippen LogP contribution in [0.25, 0.3) is 21.8 Å². The number of halogens is 2. The van der Waals surface area contributed by atoms with Crippen LogP contribution in [0.2, 0.25) is 0 Å². The van der Waals surface area contributed by atoms with Crippen molar-refractivity contribution in [3.63, 3.8) is 0 Å². The van der Waals surface area contributed by atoms with E-state index in [9.17, 15) is 21.2 Å². The second kappa shape index (κ2) is 11.4. The third-order valence-corrected chi connectivity index (χ3v) is 14.5. The summed E-state index contributed by atoms with van der Waals surface area (Å²) in [7, 11) is -7.39. The molecule has 2 aromatic carbocycles. The molecule has 48 heavy (non-hydrogen) atoms. The first-order valence-corrected chi connectivity index (χ1v) is 19.9. The lowest BCUT2D eigenvalue weighted by molar-refractivity contribution is 0.153. The fourth-order valence-corrected chi connectivity index (χ4v) is 12.6. The van der Waals surface area contributed by atoms with Crippen LogP contribution in [0, 0.1) is 24.0 Å². The van der Waals surface area contributed by atoms with E-state index in [-0.39, 0.29) is 51.9 Å². The van der Waals surface area contributed by atoms with Crippen LogP contribution in [-0.2, 0) is 19.9 Å². The Hall–Kier alpha value is -3.73. The monoisotopic (exact) mass is 713 g/mol. The van der Waals surface area contributed by atoms with Crippen molar-refractivity contribution in [3.8, 4) is 21.8 Å². The van der Waals surface area contributed by atoms with Gasteiger partial charge in [-0.25, -0.2) is 40.6 Å². The van der Waals surface area contributed by atoms with Crippen LogP contribution < -0.4 is 20.3 Å². The van der Waals surface area contributed by atoms with Gasteiger partial charge in [0.05, 0.1) is 33.5 Å². The van der Waals surface area contributed by atoms with Crippen molar-refractivity contribution < 1.29 is 25.6 Å². The highest BCUT2D eigenvalue weighted by Gasteiger charge is 2.56. The molecular weight excluding hydrogens is 681 g/mol. The number of anilines is 3. The van der Waals surface area contributed by atoms with E-state index in [4.69, 9.17) is 9.97 Å². The predicted octanol–water partition coefficient (Wildman–Crippen LogP) is 4.58. The quantitative estimate of drug-likeness (QED) is 0.237. The molecule has 2 bridgehead atoms. The number of nitrogens with zero attached hydrogens (tertiary/aromatic N) is 4. The van der Waals surface area contributed by atoms with Crippen molar-refractivity contribution in [1.29, 1.82) is 0 Å². The molecule has 3 aliphatic heterocycles. The Kier molecular flexibility index (Phi) is 7.50. The third kappa shape index (κ3) is 5.51. The molecule has 11 nitrogen and oxygen atoms in total. The Bertz CT molecular complexity index is 2110. The molecule has 2 aromatic heterocycles. The predicted molar refractivity (Wildman–Crippen MR) is 180 cm³/mol. The summed E-state index contributed by atoms with van der Waals surface area (Å²) < 4.78 is 83.4. The summed E-state index contributed by atoms with van der Waals surface area (Å²) in [6.07, 6.45) is 5.08. The zero-order valence-corrected chi connectivity index (χ0v) is 28.4. The van der Waals surface area contributed by atoms with E-state index in [1.165, 1.54) is 48.6 Å². The van der Waals surface area contributed by atoms with Crippen LogP contribution in [0.3, 0.4) is 0 Å². The number of sulfonamides is 1. The first-order valence-electron chi connectivity index (χ1n) is 15.8. The van der Waals surface area contributed by atoms with Crippen LogP contribution >= 0.6 is 11.3 Å². The number of benzene rings is 2. The van der Waals surface area contributed by atoms with Crippen molar-refractivity contribution in [2.45, 2.75) is 55.6 Å². The molecule has 1 aliphatic carbocycles. The van der Waals surface area contributed by atoms with Crippen LogP contribution in [0.1, 0.15) is 31.2 Å². The first kappa shape index (κ1) is 31.5. The summed E-state index contributed by atoms with van der Waals surface area (Å²) in [5.74, 6) is -0.959. The molecule has 3 saturated heterocycles. The van der Waals surface area contributed by atoms with Gasteiger partial charge in [0, 0.05) is 48.4 Å². The molecule has 2 unspecified atom stereocenters. The number of hydrogen-bond donors (Lipinski definition) is 3. The summed E-state index contributed by atoms with van der Waals surface area (Å²) in [6.45, 7) is 3.10. The number of fused-ring (bicyclic) bond motifs is 2. The van der Waals surface area contributed by atoms with Gasteiger partial charge >= 0.3 is 0 Å². The van der Waals surface area contributed by atoms with Crippen LogP contribution in [-0.4, -0.2) is 74.5 Å². The number of sulfone groups is 1. The highest BCUT2D eigenvalue weighted by molar-refractivity contribution is 7.93. The van der Waals surface area contributed by atoms with Gasteiger partial charge < -0.3 is 15.5 Å². The highest BCUT2D eigenvalue weighted by atomic mass is 32.2. The summed E-state index contributed by atoms with van der Waals surface area (Å²) in [6, 6.07) is 10.6. The van der Waals surface area contributed by atoms with E-state index in [1.54, 1.807) is 12.3 Å². The molecular formula is C32H33F2N7O4S3. The molecule has 1 spiro atoms. The molecule has 252 valence electrons. The van der Waals surface area contributed by atoms with Crippen molar-refractivity contribution in [2.24, 2.45) is 5.41 Å². The smallest absolute Gasteiger partial charge is 0.265 e. The SMILES string of the molecule is Cc1cccc(F)c1S(=O)(=O)Nc1cccc(-c2nc(N3C4CCC3CNC4)sc2-c2ccnc(NC3CC4(C3)CS(=O)(=O)C4)n2)c1F. The average molecular weight is 714 g/mol. The minimum absolute atomic E-state index is 0.0453. The lowest BCUT2D eigenvalue weighted by Gasteiger charge is -2.53.